The number of carboxylic acids is 1. The number of rotatable bonds is 17. The van der Waals surface area contributed by atoms with Crippen molar-refractivity contribution < 1.29 is 42.1 Å². The number of aromatic nitrogens is 3. The maximum Gasteiger partial charge on any atom is 0.320 e. The standard InChI is InChI=1S/C41H44F3N5O6S/c1-4-29(22-49-27-46-26-47-49)33-10-7-17-40(39(51)52,34-16-15-31(42)20-36(34)44)41(33,25-55-37(50)11-8-18-48(2)3)56-32-23-53-38(54-24-32)12-6-5-9-30-14-13-28(21-45)19-35(30)43/h5-7,9-10,12-17,19-20,26-27,29,32,38H,4,8,11,18,22-25H2,1-3H3,(H,51,52)/t29?,32-,38-,40-,41-/m1/s1. The molecule has 1 aliphatic carbocycles. The van der Waals surface area contributed by atoms with E-state index in [2.05, 4.69) is 10.1 Å². The van der Waals surface area contributed by atoms with Gasteiger partial charge in [-0.2, -0.15) is 10.4 Å². The number of nitriles is 1. The maximum absolute atomic E-state index is 16.1. The highest BCUT2D eigenvalue weighted by atomic mass is 32.2. The van der Waals surface area contributed by atoms with Crippen LogP contribution in [0.15, 0.2) is 91.1 Å². The molecule has 296 valence electrons. The second-order valence-corrected chi connectivity index (χ2v) is 15.3. The van der Waals surface area contributed by atoms with Crippen molar-refractivity contribution in [3.63, 3.8) is 0 Å². The van der Waals surface area contributed by atoms with Gasteiger partial charge in [-0.3, -0.25) is 14.3 Å². The van der Waals surface area contributed by atoms with E-state index in [4.69, 9.17) is 19.5 Å². The predicted molar refractivity (Wildman–Crippen MR) is 205 cm³/mol. The summed E-state index contributed by atoms with van der Waals surface area (Å²) in [5, 5.41) is 24.0. The van der Waals surface area contributed by atoms with E-state index >= 15 is 4.39 Å². The summed E-state index contributed by atoms with van der Waals surface area (Å²) >= 11 is 1.16. The van der Waals surface area contributed by atoms with Gasteiger partial charge >= 0.3 is 11.9 Å². The third-order valence-electron chi connectivity index (χ3n) is 9.69. The molecule has 0 saturated carbocycles. The van der Waals surface area contributed by atoms with E-state index in [9.17, 15) is 23.5 Å². The molecular weight excluding hydrogens is 748 g/mol. The molecule has 2 aliphatic rings. The molecular formula is C41H44F3N5O6S. The van der Waals surface area contributed by atoms with Gasteiger partial charge in [-0.1, -0.05) is 55.5 Å². The number of hydrogen-bond acceptors (Lipinski definition) is 10. The Morgan fingerprint density at radius 2 is 1.95 bits per heavy atom. The average molecular weight is 792 g/mol. The van der Waals surface area contributed by atoms with Crippen molar-refractivity contribution in [2.45, 2.75) is 54.4 Å². The van der Waals surface area contributed by atoms with E-state index in [0.29, 0.717) is 36.6 Å². The molecule has 1 fully saturated rings. The van der Waals surface area contributed by atoms with Crippen LogP contribution in [0.2, 0.25) is 0 Å². The molecule has 0 spiro atoms. The van der Waals surface area contributed by atoms with E-state index in [1.807, 2.05) is 32.0 Å². The second kappa shape index (κ2) is 19.2. The molecule has 0 amide bonds. The van der Waals surface area contributed by atoms with Gasteiger partial charge in [0, 0.05) is 36.1 Å². The van der Waals surface area contributed by atoms with Crippen LogP contribution in [0.25, 0.3) is 6.08 Å². The predicted octanol–water partition coefficient (Wildman–Crippen LogP) is 6.48. The summed E-state index contributed by atoms with van der Waals surface area (Å²) in [5.41, 5.74) is -1.45. The fraction of sp³-hybridized carbons (Fsp3) is 0.390. The molecule has 1 aliphatic heterocycles. The molecule has 1 saturated heterocycles. The number of hydrogen-bond donors (Lipinski definition) is 1. The van der Waals surface area contributed by atoms with Crippen molar-refractivity contribution in [1.82, 2.24) is 19.7 Å². The number of allylic oxidation sites excluding steroid dienone is 4. The average Bonchev–Trinajstić information content (AvgIpc) is 3.69. The number of carboxylic acid groups (broad SMARTS) is 1. The van der Waals surface area contributed by atoms with Crippen molar-refractivity contribution in [2.24, 2.45) is 5.92 Å². The summed E-state index contributed by atoms with van der Waals surface area (Å²) in [6.45, 7) is 2.48. The molecule has 0 bridgehead atoms. The molecule has 3 atom stereocenters. The zero-order valence-corrected chi connectivity index (χ0v) is 32.1. The Morgan fingerprint density at radius 1 is 1.16 bits per heavy atom. The fourth-order valence-corrected chi connectivity index (χ4v) is 8.74. The summed E-state index contributed by atoms with van der Waals surface area (Å²) in [5.74, 6) is -4.88. The Balaban J connectivity index is 1.51. The number of carbonyl (C=O) groups excluding carboxylic acids is 1. The molecule has 2 heterocycles. The highest BCUT2D eigenvalue weighted by Gasteiger charge is 2.63. The van der Waals surface area contributed by atoms with Crippen LogP contribution in [0, 0.1) is 34.7 Å². The summed E-state index contributed by atoms with van der Waals surface area (Å²) in [4.78, 5) is 33.3. The van der Waals surface area contributed by atoms with Gasteiger partial charge in [0.15, 0.2) is 6.29 Å². The van der Waals surface area contributed by atoms with E-state index in [0.717, 1.165) is 30.0 Å². The molecule has 56 heavy (non-hydrogen) atoms. The quantitative estimate of drug-likeness (QED) is 0.119. The van der Waals surface area contributed by atoms with Gasteiger partial charge in [0.2, 0.25) is 0 Å². The van der Waals surface area contributed by atoms with Gasteiger partial charge in [0.1, 0.15) is 42.1 Å². The molecule has 5 rings (SSSR count). The van der Waals surface area contributed by atoms with Gasteiger partial charge in [-0.15, -0.1) is 11.8 Å². The van der Waals surface area contributed by atoms with Crippen LogP contribution >= 0.6 is 11.8 Å². The minimum Gasteiger partial charge on any atom is -0.480 e. The molecule has 1 N–H and O–H groups in total. The lowest BCUT2D eigenvalue weighted by Crippen LogP contribution is -2.61. The van der Waals surface area contributed by atoms with Gasteiger partial charge in [0.25, 0.3) is 0 Å². The van der Waals surface area contributed by atoms with E-state index < -0.39 is 63.6 Å². The summed E-state index contributed by atoms with van der Waals surface area (Å²) < 4.78 is 62.8. The minimum absolute atomic E-state index is 0.0601. The zero-order valence-electron chi connectivity index (χ0n) is 31.3. The first kappa shape index (κ1) is 42.1. The normalized spacial score (nSPS) is 23.0. The number of ether oxygens (including phenoxy) is 3. The van der Waals surface area contributed by atoms with Crippen LogP contribution in [0.3, 0.4) is 0 Å². The smallest absolute Gasteiger partial charge is 0.320 e. The first-order valence-corrected chi connectivity index (χ1v) is 19.0. The number of thioether (sulfide) groups is 1. The van der Waals surface area contributed by atoms with Crippen molar-refractivity contribution in [3.05, 3.63) is 125 Å². The molecule has 15 heteroatoms. The minimum atomic E-state index is -2.21. The van der Waals surface area contributed by atoms with E-state index in [-0.39, 0.29) is 37.3 Å². The van der Waals surface area contributed by atoms with Crippen LogP contribution in [-0.2, 0) is 35.8 Å². The number of nitrogens with zero attached hydrogens (tertiary/aromatic N) is 5. The Bertz CT molecular complexity index is 2010. The highest BCUT2D eigenvalue weighted by molar-refractivity contribution is 8.01. The Kier molecular flexibility index (Phi) is 14.5. The number of aliphatic carboxylic acids is 1. The van der Waals surface area contributed by atoms with Crippen molar-refractivity contribution in [2.75, 3.05) is 40.5 Å². The molecule has 0 radical (unpaired) electrons. The molecule has 3 aromatic rings. The van der Waals surface area contributed by atoms with E-state index in [1.165, 1.54) is 36.9 Å². The van der Waals surface area contributed by atoms with Gasteiger partial charge in [-0.25, -0.2) is 18.2 Å². The summed E-state index contributed by atoms with van der Waals surface area (Å²) in [7, 11) is 3.76. The number of carbonyl (C=O) groups is 2. The third kappa shape index (κ3) is 9.67. The Labute approximate surface area is 328 Å². The van der Waals surface area contributed by atoms with Crippen LogP contribution in [0.4, 0.5) is 13.2 Å². The maximum atomic E-state index is 16.1. The highest BCUT2D eigenvalue weighted by Crippen LogP contribution is 2.57. The van der Waals surface area contributed by atoms with Crippen molar-refractivity contribution in [3.8, 4) is 6.07 Å². The van der Waals surface area contributed by atoms with Gasteiger partial charge in [0.05, 0.1) is 34.8 Å². The summed E-state index contributed by atoms with van der Waals surface area (Å²) in [6.07, 6.45) is 14.3. The first-order valence-electron chi connectivity index (χ1n) is 18.1. The molecule has 2 aromatic carbocycles. The Hall–Kier alpha value is -5.01. The largest absolute Gasteiger partial charge is 0.480 e. The van der Waals surface area contributed by atoms with Crippen LogP contribution in [0.1, 0.15) is 42.9 Å². The SMILES string of the molecule is CCC(Cn1cncn1)C1=CC=C[C@](C(=O)O)(c2ccc(F)cc2F)[C@]1(COC(=O)CCCN(C)C)S[C@H]1CO[C@H](C=CC=Cc2ccc(C#N)cc2F)OC1. The molecule has 1 aromatic heterocycles. The first-order chi connectivity index (χ1) is 26.9. The lowest BCUT2D eigenvalue weighted by molar-refractivity contribution is -0.150. The van der Waals surface area contributed by atoms with Crippen LogP contribution < -0.4 is 0 Å². The number of benzene rings is 2. The topological polar surface area (TPSA) is 140 Å². The van der Waals surface area contributed by atoms with Crippen LogP contribution in [-0.4, -0.2) is 93.5 Å². The third-order valence-corrected chi connectivity index (χ3v) is 11.4. The molecule has 1 unspecified atom stereocenters. The Morgan fingerprint density at radius 3 is 2.59 bits per heavy atom. The lowest BCUT2D eigenvalue weighted by atomic mass is 9.62. The van der Waals surface area contributed by atoms with Crippen molar-refractivity contribution >= 4 is 29.8 Å². The van der Waals surface area contributed by atoms with Gasteiger partial charge in [-0.05, 0) is 63.3 Å². The molecule has 11 nitrogen and oxygen atoms in total. The van der Waals surface area contributed by atoms with E-state index in [1.54, 1.807) is 35.1 Å². The monoisotopic (exact) mass is 791 g/mol. The van der Waals surface area contributed by atoms with Crippen molar-refractivity contribution in [1.29, 1.82) is 5.26 Å². The second-order valence-electron chi connectivity index (χ2n) is 13.7. The zero-order chi connectivity index (χ0) is 40.3. The van der Waals surface area contributed by atoms with Gasteiger partial charge < -0.3 is 24.2 Å². The van der Waals surface area contributed by atoms with Crippen LogP contribution in [0.5, 0.6) is 0 Å². The summed E-state index contributed by atoms with van der Waals surface area (Å²) in [6, 6.07) is 8.84. The lowest BCUT2D eigenvalue weighted by Gasteiger charge is -2.52. The number of esters is 1. The fourth-order valence-electron chi connectivity index (χ4n) is 6.93. The number of halogens is 3.